The maximum absolute atomic E-state index is 6.00. The monoisotopic (exact) mass is 321 g/mol. The molecule has 2 N–H and O–H groups in total. The number of hydrogen-bond donors (Lipinski definition) is 1. The molecule has 0 aliphatic carbocycles. The molecule has 0 aliphatic rings. The average Bonchev–Trinajstić information content (AvgIpc) is 2.30. The van der Waals surface area contributed by atoms with E-state index in [0.29, 0.717) is 37.3 Å². The first-order valence-electron chi connectivity index (χ1n) is 4.85. The molecule has 0 fully saturated rings. The molecule has 0 aliphatic heterocycles. The van der Waals surface area contributed by atoms with Crippen molar-refractivity contribution < 1.29 is 4.74 Å². The van der Waals surface area contributed by atoms with Crippen molar-refractivity contribution >= 4 is 52.1 Å². The lowest BCUT2D eigenvalue weighted by molar-refractivity contribution is 0.485. The summed E-state index contributed by atoms with van der Waals surface area (Å²) in [6.07, 6.45) is 0. The highest BCUT2D eigenvalue weighted by Gasteiger charge is 2.12. The number of hydrogen-bond acceptors (Lipinski definition) is 2. The van der Waals surface area contributed by atoms with Crippen molar-refractivity contribution in [1.82, 2.24) is 0 Å². The van der Waals surface area contributed by atoms with Crippen molar-refractivity contribution in [2.45, 2.75) is 0 Å². The third kappa shape index (κ3) is 2.78. The summed E-state index contributed by atoms with van der Waals surface area (Å²) in [5.74, 6) is 0.672. The zero-order chi connectivity index (χ0) is 13.3. The van der Waals surface area contributed by atoms with E-state index < -0.39 is 0 Å². The van der Waals surface area contributed by atoms with Gasteiger partial charge in [0.1, 0.15) is 5.75 Å². The smallest absolute Gasteiger partial charge is 0.168 e. The van der Waals surface area contributed by atoms with E-state index in [1.165, 1.54) is 12.1 Å². The predicted octanol–water partition coefficient (Wildman–Crippen LogP) is 5.67. The lowest BCUT2D eigenvalue weighted by atomic mass is 10.3. The van der Waals surface area contributed by atoms with Crippen molar-refractivity contribution in [1.29, 1.82) is 0 Å². The van der Waals surface area contributed by atoms with Gasteiger partial charge in [-0.2, -0.15) is 0 Å². The SMILES string of the molecule is Nc1cccc(Cl)c1Oc1cc(Cl)c(Cl)cc1Cl. The quantitative estimate of drug-likeness (QED) is 0.570. The van der Waals surface area contributed by atoms with Crippen LogP contribution in [0.3, 0.4) is 0 Å². The van der Waals surface area contributed by atoms with Crippen LogP contribution in [-0.2, 0) is 0 Å². The van der Waals surface area contributed by atoms with Gasteiger partial charge < -0.3 is 10.5 Å². The first kappa shape index (κ1) is 13.6. The number of para-hydroxylation sites is 1. The Hall–Kier alpha value is -0.800. The number of nitrogen functional groups attached to an aromatic ring is 1. The Kier molecular flexibility index (Phi) is 4.13. The van der Waals surface area contributed by atoms with E-state index in [-0.39, 0.29) is 0 Å². The lowest BCUT2D eigenvalue weighted by Gasteiger charge is -2.12. The summed E-state index contributed by atoms with van der Waals surface area (Å²) in [4.78, 5) is 0. The first-order chi connectivity index (χ1) is 8.49. The van der Waals surface area contributed by atoms with Gasteiger partial charge in [-0.05, 0) is 18.2 Å². The fourth-order valence-corrected chi connectivity index (χ4v) is 2.12. The van der Waals surface area contributed by atoms with Crippen molar-refractivity contribution in [2.75, 3.05) is 5.73 Å². The maximum atomic E-state index is 6.00. The van der Waals surface area contributed by atoms with Crippen molar-refractivity contribution in [3.05, 3.63) is 50.4 Å². The normalized spacial score (nSPS) is 10.4. The molecule has 0 unspecified atom stereocenters. The molecule has 2 rings (SSSR count). The summed E-state index contributed by atoms with van der Waals surface area (Å²) in [6.45, 7) is 0. The van der Waals surface area contributed by atoms with Gasteiger partial charge in [-0.25, -0.2) is 0 Å². The highest BCUT2D eigenvalue weighted by molar-refractivity contribution is 6.43. The van der Waals surface area contributed by atoms with Gasteiger partial charge in [0.2, 0.25) is 0 Å². The van der Waals surface area contributed by atoms with E-state index in [4.69, 9.17) is 56.9 Å². The molecule has 2 nitrogen and oxygen atoms in total. The summed E-state index contributed by atoms with van der Waals surface area (Å²) >= 11 is 23.7. The molecule has 0 atom stereocenters. The van der Waals surface area contributed by atoms with Crippen LogP contribution in [0.15, 0.2) is 30.3 Å². The van der Waals surface area contributed by atoms with Crippen molar-refractivity contribution in [3.8, 4) is 11.5 Å². The van der Waals surface area contributed by atoms with E-state index in [9.17, 15) is 0 Å². The molecular formula is C12H7Cl4NO. The lowest BCUT2D eigenvalue weighted by Crippen LogP contribution is -1.93. The standard InChI is InChI=1S/C12H7Cl4NO/c13-6-2-1-3-10(17)12(6)18-11-5-8(15)7(14)4-9(11)16/h1-5H,17H2. The molecule has 0 radical (unpaired) electrons. The number of benzene rings is 2. The zero-order valence-corrected chi connectivity index (χ0v) is 11.9. The zero-order valence-electron chi connectivity index (χ0n) is 8.88. The van der Waals surface area contributed by atoms with Gasteiger partial charge in [0.15, 0.2) is 5.75 Å². The molecule has 0 bridgehead atoms. The second kappa shape index (κ2) is 5.45. The summed E-state index contributed by atoms with van der Waals surface area (Å²) in [6, 6.07) is 8.06. The molecule has 18 heavy (non-hydrogen) atoms. The maximum Gasteiger partial charge on any atom is 0.168 e. The third-order valence-corrected chi connectivity index (χ3v) is 3.50. The number of anilines is 1. The number of nitrogens with two attached hydrogens (primary N) is 1. The number of rotatable bonds is 2. The molecule has 0 saturated carbocycles. The molecule has 2 aromatic rings. The highest BCUT2D eigenvalue weighted by atomic mass is 35.5. The van der Waals surface area contributed by atoms with Gasteiger partial charge in [0, 0.05) is 6.07 Å². The minimum absolute atomic E-state index is 0.323. The van der Waals surface area contributed by atoms with Gasteiger partial charge in [-0.1, -0.05) is 52.5 Å². The van der Waals surface area contributed by atoms with E-state index in [1.807, 2.05) is 0 Å². The largest absolute Gasteiger partial charge is 0.452 e. The molecular weight excluding hydrogens is 316 g/mol. The van der Waals surface area contributed by atoms with Gasteiger partial charge >= 0.3 is 0 Å². The Morgan fingerprint density at radius 3 is 2.17 bits per heavy atom. The molecule has 2 aromatic carbocycles. The van der Waals surface area contributed by atoms with Crippen LogP contribution in [-0.4, -0.2) is 0 Å². The van der Waals surface area contributed by atoms with E-state index >= 15 is 0 Å². The van der Waals surface area contributed by atoms with E-state index in [1.54, 1.807) is 18.2 Å². The third-order valence-electron chi connectivity index (χ3n) is 2.18. The summed E-state index contributed by atoms with van der Waals surface area (Å²) in [5.41, 5.74) is 6.18. The van der Waals surface area contributed by atoms with Crippen LogP contribution in [0.1, 0.15) is 0 Å². The van der Waals surface area contributed by atoms with Crippen LogP contribution in [0.4, 0.5) is 5.69 Å². The Morgan fingerprint density at radius 2 is 1.50 bits per heavy atom. The van der Waals surface area contributed by atoms with Crippen LogP contribution in [0.5, 0.6) is 11.5 Å². The van der Waals surface area contributed by atoms with Gasteiger partial charge in [-0.15, -0.1) is 0 Å². The van der Waals surface area contributed by atoms with Crippen molar-refractivity contribution in [2.24, 2.45) is 0 Å². The van der Waals surface area contributed by atoms with E-state index in [2.05, 4.69) is 0 Å². The van der Waals surface area contributed by atoms with Crippen LogP contribution in [0, 0.1) is 0 Å². The number of ether oxygens (including phenoxy) is 1. The predicted molar refractivity (Wildman–Crippen MR) is 77.4 cm³/mol. The Balaban J connectivity index is 2.43. The van der Waals surface area contributed by atoms with Gasteiger partial charge in [-0.3, -0.25) is 0 Å². The van der Waals surface area contributed by atoms with Crippen LogP contribution < -0.4 is 10.5 Å². The van der Waals surface area contributed by atoms with Crippen molar-refractivity contribution in [3.63, 3.8) is 0 Å². The minimum Gasteiger partial charge on any atom is -0.452 e. The van der Waals surface area contributed by atoms with Crippen LogP contribution >= 0.6 is 46.4 Å². The first-order valence-corrected chi connectivity index (χ1v) is 6.36. The summed E-state index contributed by atoms with van der Waals surface area (Å²) < 4.78 is 5.57. The molecule has 0 amide bonds. The fraction of sp³-hybridized carbons (Fsp3) is 0. The van der Waals surface area contributed by atoms with Gasteiger partial charge in [0.05, 0.1) is 25.8 Å². The molecule has 6 heteroatoms. The molecule has 0 saturated heterocycles. The fourth-order valence-electron chi connectivity index (χ4n) is 1.33. The Bertz CT molecular complexity index is 581. The molecule has 94 valence electrons. The van der Waals surface area contributed by atoms with Crippen LogP contribution in [0.25, 0.3) is 0 Å². The molecule has 0 heterocycles. The summed E-state index contributed by atoms with van der Waals surface area (Å²) in [7, 11) is 0. The minimum atomic E-state index is 0.323. The second-order valence-electron chi connectivity index (χ2n) is 3.46. The van der Waals surface area contributed by atoms with Gasteiger partial charge in [0.25, 0.3) is 0 Å². The van der Waals surface area contributed by atoms with Crippen LogP contribution in [0.2, 0.25) is 20.1 Å². The average molecular weight is 323 g/mol. The van der Waals surface area contributed by atoms with E-state index in [0.717, 1.165) is 0 Å². The number of halogens is 4. The Labute approximate surface area is 124 Å². The molecule has 0 aromatic heterocycles. The topological polar surface area (TPSA) is 35.2 Å². The summed E-state index contributed by atoms with van der Waals surface area (Å²) in [5, 5.41) is 1.39. The highest BCUT2D eigenvalue weighted by Crippen LogP contribution is 2.40. The Morgan fingerprint density at radius 1 is 0.833 bits per heavy atom. The molecule has 0 spiro atoms. The second-order valence-corrected chi connectivity index (χ2v) is 5.09.